The van der Waals surface area contributed by atoms with Crippen molar-refractivity contribution in [3.8, 4) is 0 Å². The van der Waals surface area contributed by atoms with Crippen LogP contribution in [0.5, 0.6) is 0 Å². The van der Waals surface area contributed by atoms with Crippen LogP contribution in [-0.2, 0) is 5.75 Å². The SMILES string of the molecule is CSCc1nc(N)nc(C2CCCC2)n1. The van der Waals surface area contributed by atoms with Crippen molar-refractivity contribution in [2.45, 2.75) is 37.4 Å². The van der Waals surface area contributed by atoms with E-state index in [1.807, 2.05) is 6.26 Å². The number of hydrogen-bond donors (Lipinski definition) is 1. The molecule has 0 unspecified atom stereocenters. The van der Waals surface area contributed by atoms with Crippen molar-refractivity contribution >= 4 is 17.7 Å². The van der Waals surface area contributed by atoms with Gasteiger partial charge in [-0.15, -0.1) is 0 Å². The van der Waals surface area contributed by atoms with Crippen LogP contribution in [0.25, 0.3) is 0 Å². The lowest BCUT2D eigenvalue weighted by atomic mass is 10.1. The van der Waals surface area contributed by atoms with Crippen molar-refractivity contribution in [3.63, 3.8) is 0 Å². The van der Waals surface area contributed by atoms with Gasteiger partial charge < -0.3 is 5.73 Å². The molecule has 5 heteroatoms. The molecule has 0 aliphatic heterocycles. The molecule has 0 amide bonds. The Kier molecular flexibility index (Phi) is 3.41. The predicted molar refractivity (Wildman–Crippen MR) is 62.7 cm³/mol. The van der Waals surface area contributed by atoms with Gasteiger partial charge in [0.2, 0.25) is 5.95 Å². The van der Waals surface area contributed by atoms with Crippen LogP contribution in [0, 0.1) is 0 Å². The van der Waals surface area contributed by atoms with Crippen LogP contribution in [0.1, 0.15) is 43.3 Å². The zero-order valence-corrected chi connectivity index (χ0v) is 9.76. The minimum atomic E-state index is 0.371. The van der Waals surface area contributed by atoms with Gasteiger partial charge in [0.15, 0.2) is 0 Å². The third-order valence-electron chi connectivity index (χ3n) is 2.71. The van der Waals surface area contributed by atoms with Gasteiger partial charge in [-0.05, 0) is 19.1 Å². The quantitative estimate of drug-likeness (QED) is 0.850. The topological polar surface area (TPSA) is 64.7 Å². The van der Waals surface area contributed by atoms with E-state index in [0.717, 1.165) is 17.4 Å². The lowest BCUT2D eigenvalue weighted by Crippen LogP contribution is -2.09. The predicted octanol–water partition coefficient (Wildman–Crippen LogP) is 1.97. The summed E-state index contributed by atoms with van der Waals surface area (Å²) in [4.78, 5) is 12.9. The lowest BCUT2D eigenvalue weighted by molar-refractivity contribution is 0.657. The minimum absolute atomic E-state index is 0.371. The van der Waals surface area contributed by atoms with Gasteiger partial charge in [-0.25, -0.2) is 4.98 Å². The molecule has 1 aliphatic rings. The Morgan fingerprint density at radius 1 is 1.27 bits per heavy atom. The first kappa shape index (κ1) is 10.7. The van der Waals surface area contributed by atoms with Gasteiger partial charge in [0.1, 0.15) is 11.6 Å². The van der Waals surface area contributed by atoms with Gasteiger partial charge >= 0.3 is 0 Å². The van der Waals surface area contributed by atoms with E-state index in [1.165, 1.54) is 25.7 Å². The molecule has 82 valence electrons. The maximum atomic E-state index is 5.69. The van der Waals surface area contributed by atoms with Gasteiger partial charge in [-0.2, -0.15) is 21.7 Å². The molecule has 2 N–H and O–H groups in total. The first-order valence-electron chi connectivity index (χ1n) is 5.29. The number of anilines is 1. The third-order valence-corrected chi connectivity index (χ3v) is 3.26. The second kappa shape index (κ2) is 4.79. The van der Waals surface area contributed by atoms with Crippen LogP contribution >= 0.6 is 11.8 Å². The minimum Gasteiger partial charge on any atom is -0.368 e. The normalized spacial score (nSPS) is 17.1. The molecule has 0 aromatic carbocycles. The monoisotopic (exact) mass is 224 g/mol. The highest BCUT2D eigenvalue weighted by molar-refractivity contribution is 7.97. The van der Waals surface area contributed by atoms with Crippen LogP contribution in [0.2, 0.25) is 0 Å². The molecule has 1 aliphatic carbocycles. The first-order chi connectivity index (χ1) is 7.29. The summed E-state index contributed by atoms with van der Waals surface area (Å²) in [6.07, 6.45) is 7.00. The Morgan fingerprint density at radius 3 is 2.67 bits per heavy atom. The average molecular weight is 224 g/mol. The summed E-state index contributed by atoms with van der Waals surface area (Å²) in [7, 11) is 0. The number of rotatable bonds is 3. The Morgan fingerprint density at radius 2 is 2.00 bits per heavy atom. The molecule has 0 saturated heterocycles. The van der Waals surface area contributed by atoms with Crippen molar-refractivity contribution < 1.29 is 0 Å². The van der Waals surface area contributed by atoms with Gasteiger partial charge in [-0.3, -0.25) is 0 Å². The van der Waals surface area contributed by atoms with Gasteiger partial charge in [0, 0.05) is 5.92 Å². The maximum absolute atomic E-state index is 5.69. The van der Waals surface area contributed by atoms with E-state index in [0.29, 0.717) is 11.9 Å². The molecule has 0 bridgehead atoms. The lowest BCUT2D eigenvalue weighted by Gasteiger charge is -2.08. The molecule has 1 aromatic rings. The summed E-state index contributed by atoms with van der Waals surface area (Å²) in [6, 6.07) is 0. The molecule has 0 radical (unpaired) electrons. The summed E-state index contributed by atoms with van der Waals surface area (Å²) >= 11 is 1.71. The highest BCUT2D eigenvalue weighted by Gasteiger charge is 2.20. The van der Waals surface area contributed by atoms with E-state index in [2.05, 4.69) is 15.0 Å². The summed E-state index contributed by atoms with van der Waals surface area (Å²) in [5.41, 5.74) is 5.69. The van der Waals surface area contributed by atoms with Crippen LogP contribution in [-0.4, -0.2) is 21.2 Å². The number of hydrogen-bond acceptors (Lipinski definition) is 5. The summed E-state index contributed by atoms with van der Waals surface area (Å²) < 4.78 is 0. The Balaban J connectivity index is 2.22. The van der Waals surface area contributed by atoms with Crippen LogP contribution in [0.15, 0.2) is 0 Å². The Hall–Kier alpha value is -0.840. The standard InChI is InChI=1S/C10H16N4S/c1-15-6-8-12-9(14-10(11)13-8)7-4-2-3-5-7/h7H,2-6H2,1H3,(H2,11,12,13,14). The zero-order valence-electron chi connectivity index (χ0n) is 8.94. The summed E-state index contributed by atoms with van der Waals surface area (Å²) in [6.45, 7) is 0. The third kappa shape index (κ3) is 2.59. The van der Waals surface area contributed by atoms with Gasteiger partial charge in [-0.1, -0.05) is 12.8 Å². The molecule has 4 nitrogen and oxygen atoms in total. The molecule has 1 saturated carbocycles. The van der Waals surface area contributed by atoms with Gasteiger partial charge in [0.05, 0.1) is 5.75 Å². The molecular formula is C10H16N4S. The first-order valence-corrected chi connectivity index (χ1v) is 6.68. The Bertz CT molecular complexity index is 336. The molecule has 1 aromatic heterocycles. The number of nitrogens with zero attached hydrogens (tertiary/aromatic N) is 3. The molecule has 2 rings (SSSR count). The summed E-state index contributed by atoms with van der Waals surface area (Å²) in [5, 5.41) is 0. The average Bonchev–Trinajstić information content (AvgIpc) is 2.70. The highest BCUT2D eigenvalue weighted by atomic mass is 32.2. The Labute approximate surface area is 94.1 Å². The van der Waals surface area contributed by atoms with E-state index in [9.17, 15) is 0 Å². The van der Waals surface area contributed by atoms with Crippen LogP contribution in [0.4, 0.5) is 5.95 Å². The van der Waals surface area contributed by atoms with Crippen LogP contribution in [0.3, 0.4) is 0 Å². The molecule has 0 atom stereocenters. The van der Waals surface area contributed by atoms with E-state index in [4.69, 9.17) is 5.73 Å². The highest BCUT2D eigenvalue weighted by Crippen LogP contribution is 2.32. The van der Waals surface area contributed by atoms with E-state index < -0.39 is 0 Å². The van der Waals surface area contributed by atoms with Crippen molar-refractivity contribution in [1.29, 1.82) is 0 Å². The molecule has 0 spiro atoms. The smallest absolute Gasteiger partial charge is 0.223 e. The molecular weight excluding hydrogens is 208 g/mol. The number of nitrogens with two attached hydrogens (primary N) is 1. The van der Waals surface area contributed by atoms with E-state index in [-0.39, 0.29) is 0 Å². The zero-order chi connectivity index (χ0) is 10.7. The number of aromatic nitrogens is 3. The fraction of sp³-hybridized carbons (Fsp3) is 0.700. The van der Waals surface area contributed by atoms with E-state index >= 15 is 0 Å². The van der Waals surface area contributed by atoms with Crippen LogP contribution < -0.4 is 5.73 Å². The maximum Gasteiger partial charge on any atom is 0.223 e. The van der Waals surface area contributed by atoms with E-state index in [1.54, 1.807) is 11.8 Å². The second-order valence-corrected chi connectivity index (χ2v) is 4.75. The molecule has 15 heavy (non-hydrogen) atoms. The van der Waals surface area contributed by atoms with Crippen molar-refractivity contribution in [3.05, 3.63) is 11.6 Å². The molecule has 1 heterocycles. The van der Waals surface area contributed by atoms with Gasteiger partial charge in [0.25, 0.3) is 0 Å². The largest absolute Gasteiger partial charge is 0.368 e. The number of thioether (sulfide) groups is 1. The van der Waals surface area contributed by atoms with Crippen molar-refractivity contribution in [2.75, 3.05) is 12.0 Å². The fourth-order valence-corrected chi connectivity index (χ4v) is 2.40. The fourth-order valence-electron chi connectivity index (χ4n) is 2.02. The van der Waals surface area contributed by atoms with Crippen molar-refractivity contribution in [2.24, 2.45) is 0 Å². The number of nitrogen functional groups attached to an aromatic ring is 1. The van der Waals surface area contributed by atoms with Crippen molar-refractivity contribution in [1.82, 2.24) is 15.0 Å². The second-order valence-electron chi connectivity index (χ2n) is 3.88. The molecule has 1 fully saturated rings. The summed E-state index contributed by atoms with van der Waals surface area (Å²) in [5.74, 6) is 3.42.